The Morgan fingerprint density at radius 1 is 1.29 bits per heavy atom. The van der Waals surface area contributed by atoms with Crippen molar-refractivity contribution in [3.63, 3.8) is 0 Å². The fourth-order valence-electron chi connectivity index (χ4n) is 1.71. The van der Waals surface area contributed by atoms with Gasteiger partial charge in [0.15, 0.2) is 17.5 Å². The summed E-state index contributed by atoms with van der Waals surface area (Å²) in [6, 6.07) is -2.28. The zero-order chi connectivity index (χ0) is 16.5. The first-order valence-corrected chi connectivity index (χ1v) is 7.41. The number of imidazole rings is 1. The maximum absolute atomic E-state index is 13.1. The number of hydrogen-bond donors (Lipinski definition) is 1. The molecule has 2 N–H and O–H groups in total. The van der Waals surface area contributed by atoms with Crippen molar-refractivity contribution in [2.75, 3.05) is 18.7 Å². The van der Waals surface area contributed by atoms with Crippen LogP contribution in [0, 0.1) is 0 Å². The fraction of sp³-hybridized carbons (Fsp3) is 0.444. The number of alkyl halides is 3. The summed E-state index contributed by atoms with van der Waals surface area (Å²) in [5.74, 6) is -0.103. The number of nitrogens with two attached hydrogens (primary N) is 1. The van der Waals surface area contributed by atoms with Gasteiger partial charge in [-0.25, -0.2) is 15.0 Å². The molecule has 122 valence electrons. The monoisotopic (exact) mass is 385 g/mol. The van der Waals surface area contributed by atoms with Crippen LogP contribution in [-0.4, -0.2) is 38.7 Å². The quantitative estimate of drug-likeness (QED) is 0.396. The average Bonchev–Trinajstić information content (AvgIpc) is 2.77. The molecule has 0 bridgehead atoms. The minimum atomic E-state index is -5.07. The van der Waals surface area contributed by atoms with Gasteiger partial charge < -0.3 is 29.4 Å². The van der Waals surface area contributed by atoms with Crippen LogP contribution in [0.4, 0.5) is 19.0 Å². The number of anilines is 1. The van der Waals surface area contributed by atoms with Crippen LogP contribution in [0.5, 0.6) is 0 Å². The molecule has 9 nitrogen and oxygen atoms in total. The second-order valence-electron chi connectivity index (χ2n) is 4.25. The summed E-state index contributed by atoms with van der Waals surface area (Å²) in [6.45, 7) is -1.09. The van der Waals surface area contributed by atoms with Crippen LogP contribution in [0.3, 0.4) is 0 Å². The maximum atomic E-state index is 13.1. The Labute approximate surface area is 177 Å². The third-order valence-corrected chi connectivity index (χ3v) is 3.12. The number of ether oxygens (including phenoxy) is 1. The van der Waals surface area contributed by atoms with Gasteiger partial charge in [0, 0.05) is 0 Å². The molecule has 1 atom stereocenters. The van der Waals surface area contributed by atoms with Gasteiger partial charge in [-0.3, -0.25) is 0 Å². The summed E-state index contributed by atoms with van der Waals surface area (Å²) in [5.41, 5.74) is 5.26. The summed E-state index contributed by atoms with van der Waals surface area (Å²) in [4.78, 5) is 31.8. The van der Waals surface area contributed by atoms with E-state index in [4.69, 9.17) is 5.73 Å². The van der Waals surface area contributed by atoms with Crippen LogP contribution in [0.25, 0.3) is 11.2 Å². The van der Waals surface area contributed by atoms with Gasteiger partial charge >= 0.3 is 65.3 Å². The fourth-order valence-corrected chi connectivity index (χ4v) is 2.04. The summed E-state index contributed by atoms with van der Waals surface area (Å²) in [5, 5.41) is 0. The first-order chi connectivity index (χ1) is 10.1. The van der Waals surface area contributed by atoms with Gasteiger partial charge in [0.1, 0.15) is 11.8 Å². The summed E-state index contributed by atoms with van der Waals surface area (Å²) in [6.07, 6.45) is -4.33. The van der Waals surface area contributed by atoms with Gasteiger partial charge in [-0.15, -0.1) is 0 Å². The first kappa shape index (κ1) is 24.2. The molecule has 0 saturated carbocycles. The zero-order valence-corrected chi connectivity index (χ0v) is 17.6. The number of fused-ring (bicyclic) bond motifs is 1. The van der Waals surface area contributed by atoms with E-state index in [1.54, 1.807) is 0 Å². The van der Waals surface area contributed by atoms with Crippen LogP contribution in [0.1, 0.15) is 6.04 Å². The first-order valence-electron chi connectivity index (χ1n) is 5.68. The molecular weight excluding hydrogens is 376 g/mol. The average molecular weight is 385 g/mol. The van der Waals surface area contributed by atoms with Gasteiger partial charge in [0.2, 0.25) is 0 Å². The Kier molecular flexibility index (Phi) is 9.36. The summed E-state index contributed by atoms with van der Waals surface area (Å²) in [7, 11) is -5.07. The maximum Gasteiger partial charge on any atom is 1.00 e. The Bertz CT molecular complexity index is 725. The van der Waals surface area contributed by atoms with E-state index in [0.29, 0.717) is 4.57 Å². The number of nitrogen functional groups attached to an aromatic ring is 1. The molecule has 24 heavy (non-hydrogen) atoms. The normalized spacial score (nSPS) is 13.2. The van der Waals surface area contributed by atoms with E-state index in [-0.39, 0.29) is 76.1 Å². The van der Waals surface area contributed by atoms with Crippen molar-refractivity contribution in [3.05, 3.63) is 12.7 Å². The topological polar surface area (TPSA) is 142 Å². The predicted molar refractivity (Wildman–Crippen MR) is 63.3 cm³/mol. The molecule has 2 aromatic heterocycles. The van der Waals surface area contributed by atoms with E-state index in [1.807, 2.05) is 0 Å². The second kappa shape index (κ2) is 9.26. The van der Waals surface area contributed by atoms with Gasteiger partial charge in [-0.05, 0) is 7.60 Å². The molecule has 0 aliphatic rings. The smallest absolute Gasteiger partial charge is 0.809 e. The Balaban J connectivity index is 0.00000264. The van der Waals surface area contributed by atoms with Crippen molar-refractivity contribution >= 4 is 24.6 Å². The zero-order valence-electron chi connectivity index (χ0n) is 12.7. The summed E-state index contributed by atoms with van der Waals surface area (Å²) >= 11 is 0. The van der Waals surface area contributed by atoms with E-state index in [1.165, 1.54) is 0 Å². The minimum Gasteiger partial charge on any atom is -0.809 e. The molecule has 0 amide bonds. The molecule has 0 aromatic carbocycles. The van der Waals surface area contributed by atoms with Crippen LogP contribution >= 0.6 is 7.60 Å². The van der Waals surface area contributed by atoms with Crippen LogP contribution in [-0.2, 0) is 9.30 Å². The molecule has 0 aliphatic carbocycles. The Morgan fingerprint density at radius 2 is 1.92 bits per heavy atom. The van der Waals surface area contributed by atoms with E-state index < -0.39 is 32.8 Å². The molecule has 1 unspecified atom stereocenters. The third kappa shape index (κ3) is 6.20. The number of halogens is 3. The van der Waals surface area contributed by atoms with Crippen molar-refractivity contribution in [2.24, 2.45) is 0 Å². The molecular formula is C9H9F3N5Na2O4P. The molecule has 0 spiro atoms. The van der Waals surface area contributed by atoms with E-state index in [0.717, 1.165) is 12.7 Å². The number of aromatic nitrogens is 4. The molecule has 2 aromatic rings. The standard InChI is InChI=1S/C9H11F3N5O4P.2Na/c10-9(11,12)5(1-21-4-22(18,19)20)17-3-16-6-7(13)14-2-15-8(6)17;;/h2-3,5H,1,4H2,(H2,13,14,15)(H2,18,19,20);;/q;2*+1/p-2. The van der Waals surface area contributed by atoms with E-state index in [9.17, 15) is 27.5 Å². The van der Waals surface area contributed by atoms with Gasteiger partial charge in [-0.1, -0.05) is 0 Å². The van der Waals surface area contributed by atoms with Crippen molar-refractivity contribution in [1.29, 1.82) is 0 Å². The van der Waals surface area contributed by atoms with Crippen molar-refractivity contribution < 1.29 is 91.4 Å². The largest absolute Gasteiger partial charge is 1.00 e. The second-order valence-corrected chi connectivity index (χ2v) is 5.73. The Morgan fingerprint density at radius 3 is 2.46 bits per heavy atom. The predicted octanol–water partition coefficient (Wildman–Crippen LogP) is -6.59. The van der Waals surface area contributed by atoms with Crippen molar-refractivity contribution in [1.82, 2.24) is 19.5 Å². The minimum absolute atomic E-state index is 0. The molecule has 0 radical (unpaired) electrons. The Hall–Kier alpha value is 0.250. The molecule has 0 aliphatic heterocycles. The molecule has 15 heteroatoms. The SMILES string of the molecule is Nc1ncnc2c1ncn2C(COCP(=O)([O-])[O-])C(F)(F)F.[Na+].[Na+]. The summed E-state index contributed by atoms with van der Waals surface area (Å²) < 4.78 is 54.7. The van der Waals surface area contributed by atoms with E-state index >= 15 is 0 Å². The van der Waals surface area contributed by atoms with Gasteiger partial charge in [0.25, 0.3) is 0 Å². The number of nitrogens with zero attached hydrogens (tertiary/aromatic N) is 4. The van der Waals surface area contributed by atoms with Crippen LogP contribution in [0.15, 0.2) is 12.7 Å². The molecule has 2 rings (SSSR count). The van der Waals surface area contributed by atoms with Crippen molar-refractivity contribution in [3.8, 4) is 0 Å². The molecule has 0 saturated heterocycles. The third-order valence-electron chi connectivity index (χ3n) is 2.63. The van der Waals surface area contributed by atoms with Crippen LogP contribution < -0.4 is 74.6 Å². The van der Waals surface area contributed by atoms with E-state index in [2.05, 4.69) is 19.7 Å². The number of rotatable bonds is 5. The molecule has 2 heterocycles. The van der Waals surface area contributed by atoms with Gasteiger partial charge in [-0.2, -0.15) is 13.2 Å². The van der Waals surface area contributed by atoms with Crippen LogP contribution in [0.2, 0.25) is 0 Å². The molecule has 0 fully saturated rings. The number of hydrogen-bond acceptors (Lipinski definition) is 8. The van der Waals surface area contributed by atoms with Gasteiger partial charge in [0.05, 0.1) is 19.3 Å². The van der Waals surface area contributed by atoms with Crippen molar-refractivity contribution in [2.45, 2.75) is 12.2 Å².